The second-order valence-electron chi connectivity index (χ2n) is 12.0. The van der Waals surface area contributed by atoms with E-state index in [1.54, 1.807) is 39.9 Å². The van der Waals surface area contributed by atoms with Crippen molar-refractivity contribution in [3.8, 4) is 28.8 Å². The lowest BCUT2D eigenvalue weighted by Gasteiger charge is -2.36. The number of anilines is 1. The molecule has 2 fully saturated rings. The van der Waals surface area contributed by atoms with Crippen LogP contribution in [0.4, 0.5) is 10.2 Å². The summed E-state index contributed by atoms with van der Waals surface area (Å²) in [7, 11) is 0. The van der Waals surface area contributed by atoms with E-state index in [-0.39, 0.29) is 40.5 Å². The average molecular weight is 611 g/mol. The van der Waals surface area contributed by atoms with Crippen molar-refractivity contribution in [2.24, 2.45) is 0 Å². The molecule has 4 aromatic rings. The number of nitrogen functional groups attached to an aromatic ring is 1. The van der Waals surface area contributed by atoms with Gasteiger partial charge in [-0.25, -0.2) is 19.0 Å². The zero-order chi connectivity index (χ0) is 31.6. The number of rotatable bonds is 10. The lowest BCUT2D eigenvalue weighted by molar-refractivity contribution is -0.127. The molecule has 0 radical (unpaired) electrons. The van der Waals surface area contributed by atoms with Gasteiger partial charge in [-0.3, -0.25) is 4.79 Å². The molecule has 2 aliphatic heterocycles. The third-order valence-electron chi connectivity index (χ3n) is 8.16. The number of nitriles is 1. The summed E-state index contributed by atoms with van der Waals surface area (Å²) >= 11 is 0. The lowest BCUT2D eigenvalue weighted by Crippen LogP contribution is -2.54. The number of hydrogen-bond donors (Lipinski definition) is 2. The van der Waals surface area contributed by atoms with Crippen molar-refractivity contribution in [1.29, 1.82) is 5.26 Å². The number of halogens is 1. The molecule has 1 atom stereocenters. The van der Waals surface area contributed by atoms with Crippen LogP contribution < -0.4 is 15.8 Å². The quantitative estimate of drug-likeness (QED) is 0.194. The summed E-state index contributed by atoms with van der Waals surface area (Å²) in [6.07, 6.45) is 5.07. The number of aromatic nitrogens is 4. The summed E-state index contributed by atoms with van der Waals surface area (Å²) in [4.78, 5) is 23.9. The maximum absolute atomic E-state index is 15.5. The van der Waals surface area contributed by atoms with E-state index in [9.17, 15) is 10.1 Å². The number of carbonyl (C=O) groups excluding carboxylic acids is 1. The molecule has 2 saturated heterocycles. The highest BCUT2D eigenvalue weighted by Gasteiger charge is 2.33. The standard InChI is InChI=1S/C33H35FN8O3/c1-33(2,39-22-18-44-19-22)13-12-21(16-35)32(43)41-14-6-7-23(41)17-42-31-28(30(36)37-20-38-31)29(40-42)26-11-10-25(15-27(26)34)45-24-8-4-3-5-9-24/h3-5,8-12,15,20,22-23,39H,6-7,13-14,17-19H2,1-2H3,(H2,36,37,38)/b21-12+/t23-/m0/s1. The van der Waals surface area contributed by atoms with Gasteiger partial charge in [-0.1, -0.05) is 24.3 Å². The predicted octanol–water partition coefficient (Wildman–Crippen LogP) is 4.60. The maximum atomic E-state index is 15.5. The highest BCUT2D eigenvalue weighted by molar-refractivity contribution is 5.99. The fourth-order valence-electron chi connectivity index (χ4n) is 5.84. The van der Waals surface area contributed by atoms with Gasteiger partial charge >= 0.3 is 0 Å². The normalized spacial score (nSPS) is 17.3. The molecule has 3 N–H and O–H groups in total. The van der Waals surface area contributed by atoms with Gasteiger partial charge in [-0.15, -0.1) is 0 Å². The summed E-state index contributed by atoms with van der Waals surface area (Å²) in [5.74, 6) is 0.249. The first-order chi connectivity index (χ1) is 21.7. The van der Waals surface area contributed by atoms with Crippen LogP contribution in [0, 0.1) is 17.1 Å². The number of fused-ring (bicyclic) bond motifs is 1. The van der Waals surface area contributed by atoms with Crippen molar-refractivity contribution in [3.05, 3.63) is 72.3 Å². The zero-order valence-electron chi connectivity index (χ0n) is 25.2. The van der Waals surface area contributed by atoms with Crippen LogP contribution in [0.5, 0.6) is 11.5 Å². The largest absolute Gasteiger partial charge is 0.457 e. The van der Waals surface area contributed by atoms with Crippen molar-refractivity contribution < 1.29 is 18.7 Å². The summed E-state index contributed by atoms with van der Waals surface area (Å²) < 4.78 is 28.2. The first kappa shape index (κ1) is 30.2. The number of nitrogens with zero attached hydrogens (tertiary/aromatic N) is 6. The smallest absolute Gasteiger partial charge is 0.264 e. The van der Waals surface area contributed by atoms with Gasteiger partial charge in [0.15, 0.2) is 5.65 Å². The molecular weight excluding hydrogens is 575 g/mol. The number of nitrogens with one attached hydrogen (secondary N) is 1. The Labute approximate surface area is 260 Å². The van der Waals surface area contributed by atoms with Crippen molar-refractivity contribution in [3.63, 3.8) is 0 Å². The summed E-state index contributed by atoms with van der Waals surface area (Å²) in [5, 5.41) is 18.6. The third kappa shape index (κ3) is 6.50. The minimum Gasteiger partial charge on any atom is -0.457 e. The van der Waals surface area contributed by atoms with E-state index in [0.717, 1.165) is 12.8 Å². The Morgan fingerprint density at radius 2 is 2.02 bits per heavy atom. The molecule has 2 aliphatic rings. The van der Waals surface area contributed by atoms with Gasteiger partial charge in [0.25, 0.3) is 5.91 Å². The third-order valence-corrected chi connectivity index (χ3v) is 8.16. The molecule has 1 amide bonds. The zero-order valence-corrected chi connectivity index (χ0v) is 25.2. The number of carbonyl (C=O) groups is 1. The SMILES string of the molecule is CC(C)(C/C=C(\C#N)C(=O)N1CCC[C@H]1Cn1nc(-c2ccc(Oc3ccccc3)cc2F)c2c(N)ncnc21)NC1COC1. The molecule has 0 saturated carbocycles. The van der Waals surface area contributed by atoms with Crippen molar-refractivity contribution in [2.75, 3.05) is 25.5 Å². The predicted molar refractivity (Wildman–Crippen MR) is 167 cm³/mol. The number of para-hydroxylation sites is 1. The van der Waals surface area contributed by atoms with Gasteiger partial charge < -0.3 is 25.4 Å². The minimum absolute atomic E-state index is 0.110. The summed E-state index contributed by atoms with van der Waals surface area (Å²) in [6.45, 7) is 6.22. The molecule has 12 heteroatoms. The number of likely N-dealkylation sites (tertiary alicyclic amines) is 1. The van der Waals surface area contributed by atoms with Crippen molar-refractivity contribution in [2.45, 2.75) is 57.3 Å². The number of nitrogens with two attached hydrogens (primary N) is 1. The monoisotopic (exact) mass is 610 g/mol. The van der Waals surface area contributed by atoms with Gasteiger partial charge in [-0.2, -0.15) is 10.4 Å². The van der Waals surface area contributed by atoms with Gasteiger partial charge in [0.05, 0.1) is 37.2 Å². The van der Waals surface area contributed by atoms with E-state index in [4.69, 9.17) is 20.3 Å². The minimum atomic E-state index is -0.540. The first-order valence-electron chi connectivity index (χ1n) is 15.0. The fraction of sp³-hybridized carbons (Fsp3) is 0.364. The second kappa shape index (κ2) is 12.6. The Bertz CT molecular complexity index is 1780. The van der Waals surface area contributed by atoms with E-state index in [1.165, 1.54) is 12.4 Å². The van der Waals surface area contributed by atoms with Gasteiger partial charge in [-0.05, 0) is 57.4 Å². The maximum Gasteiger partial charge on any atom is 0.264 e. The molecule has 11 nitrogen and oxygen atoms in total. The van der Waals surface area contributed by atoms with Gasteiger partial charge in [0.2, 0.25) is 0 Å². The van der Waals surface area contributed by atoms with E-state index in [0.29, 0.717) is 61.0 Å². The second-order valence-corrected chi connectivity index (χ2v) is 12.0. The van der Waals surface area contributed by atoms with E-state index in [1.807, 2.05) is 32.0 Å². The number of benzene rings is 2. The number of hydrogen-bond acceptors (Lipinski definition) is 9. The van der Waals surface area contributed by atoms with Gasteiger partial charge in [0, 0.05) is 23.7 Å². The Balaban J connectivity index is 1.24. The van der Waals surface area contributed by atoms with E-state index in [2.05, 4.69) is 21.4 Å². The lowest BCUT2D eigenvalue weighted by atomic mass is 9.97. The van der Waals surface area contributed by atoms with Crippen LogP contribution in [-0.4, -0.2) is 67.9 Å². The Morgan fingerprint density at radius 1 is 1.22 bits per heavy atom. The van der Waals surface area contributed by atoms with E-state index < -0.39 is 5.82 Å². The Hall–Kier alpha value is -4.86. The molecule has 45 heavy (non-hydrogen) atoms. The Morgan fingerprint density at radius 3 is 2.73 bits per heavy atom. The molecule has 2 aromatic carbocycles. The fourth-order valence-corrected chi connectivity index (χ4v) is 5.84. The molecule has 2 aromatic heterocycles. The molecular formula is C33H35FN8O3. The highest BCUT2D eigenvalue weighted by atomic mass is 19.1. The van der Waals surface area contributed by atoms with Crippen LogP contribution >= 0.6 is 0 Å². The summed E-state index contributed by atoms with van der Waals surface area (Å²) in [6, 6.07) is 15.8. The van der Waals surface area contributed by atoms with Crippen molar-refractivity contribution in [1.82, 2.24) is 30.0 Å². The van der Waals surface area contributed by atoms with Crippen molar-refractivity contribution >= 4 is 22.8 Å². The van der Waals surface area contributed by atoms with Crippen LogP contribution in [0.2, 0.25) is 0 Å². The molecule has 0 spiro atoms. The van der Waals surface area contributed by atoms with Crippen LogP contribution in [0.15, 0.2) is 66.5 Å². The summed E-state index contributed by atoms with van der Waals surface area (Å²) in [5.41, 5.74) is 7.04. The molecule has 0 bridgehead atoms. The highest BCUT2D eigenvalue weighted by Crippen LogP contribution is 2.35. The van der Waals surface area contributed by atoms with Crippen LogP contribution in [0.3, 0.4) is 0 Å². The molecule has 232 valence electrons. The molecule has 0 unspecified atom stereocenters. The molecule has 6 rings (SSSR count). The average Bonchev–Trinajstić information content (AvgIpc) is 3.62. The van der Waals surface area contributed by atoms with Crippen LogP contribution in [0.25, 0.3) is 22.3 Å². The molecule has 0 aliphatic carbocycles. The first-order valence-corrected chi connectivity index (χ1v) is 15.0. The topological polar surface area (TPSA) is 144 Å². The van der Waals surface area contributed by atoms with Crippen LogP contribution in [0.1, 0.15) is 33.1 Å². The Kier molecular flexibility index (Phi) is 8.47. The van der Waals surface area contributed by atoms with E-state index >= 15 is 4.39 Å². The van der Waals surface area contributed by atoms with Gasteiger partial charge in [0.1, 0.15) is 46.8 Å². The van der Waals surface area contributed by atoms with Crippen LogP contribution in [-0.2, 0) is 16.1 Å². The number of ether oxygens (including phenoxy) is 2. The molecule has 4 heterocycles. The number of amides is 1.